The van der Waals surface area contributed by atoms with E-state index in [-0.39, 0.29) is 5.75 Å². The van der Waals surface area contributed by atoms with Gasteiger partial charge in [0.25, 0.3) is 0 Å². The molecule has 0 aliphatic rings. The Morgan fingerprint density at radius 1 is 1.36 bits per heavy atom. The van der Waals surface area contributed by atoms with Gasteiger partial charge in [-0.3, -0.25) is 0 Å². The molecule has 2 rings (SSSR count). The maximum atomic E-state index is 9.27. The quantitative estimate of drug-likeness (QED) is 0.729. The van der Waals surface area contributed by atoms with E-state index in [4.69, 9.17) is 4.42 Å². The van der Waals surface area contributed by atoms with Crippen molar-refractivity contribution in [3.8, 4) is 5.75 Å². The summed E-state index contributed by atoms with van der Waals surface area (Å²) in [6.45, 7) is 0. The average Bonchev–Trinajstić information content (AvgIpc) is 2.35. The molecule has 1 aromatic carbocycles. The first-order chi connectivity index (χ1) is 5.29. The van der Waals surface area contributed by atoms with E-state index in [9.17, 15) is 5.11 Å². The van der Waals surface area contributed by atoms with Crippen LogP contribution >= 0.6 is 15.9 Å². The number of phenolic OH excluding ortho intramolecular Hbond substituents is 1. The molecular formula is C8H5BrO2. The summed E-state index contributed by atoms with van der Waals surface area (Å²) >= 11 is 3.30. The Kier molecular flexibility index (Phi) is 1.39. The number of halogens is 1. The van der Waals surface area contributed by atoms with Crippen molar-refractivity contribution in [3.63, 3.8) is 0 Å². The molecular weight excluding hydrogens is 208 g/mol. The minimum atomic E-state index is 0.174. The molecule has 0 radical (unpaired) electrons. The van der Waals surface area contributed by atoms with Crippen LogP contribution in [0.4, 0.5) is 0 Å². The van der Waals surface area contributed by atoms with Gasteiger partial charge >= 0.3 is 0 Å². The van der Waals surface area contributed by atoms with Crippen molar-refractivity contribution in [2.75, 3.05) is 0 Å². The zero-order valence-corrected chi connectivity index (χ0v) is 7.13. The third-order valence-corrected chi connectivity index (χ3v) is 2.15. The highest BCUT2D eigenvalue weighted by Crippen LogP contribution is 2.31. The van der Waals surface area contributed by atoms with E-state index in [1.165, 1.54) is 0 Å². The van der Waals surface area contributed by atoms with Crippen molar-refractivity contribution in [2.24, 2.45) is 0 Å². The Balaban J connectivity index is 2.94. The number of para-hydroxylation sites is 1. The summed E-state index contributed by atoms with van der Waals surface area (Å²) in [6.07, 6.45) is 1.56. The predicted octanol–water partition coefficient (Wildman–Crippen LogP) is 2.90. The summed E-state index contributed by atoms with van der Waals surface area (Å²) < 4.78 is 5.95. The van der Waals surface area contributed by atoms with Gasteiger partial charge in [0.15, 0.2) is 11.3 Å². The van der Waals surface area contributed by atoms with Gasteiger partial charge in [0.1, 0.15) is 6.26 Å². The number of furan rings is 1. The second-order valence-corrected chi connectivity index (χ2v) is 3.09. The van der Waals surface area contributed by atoms with E-state index in [2.05, 4.69) is 15.9 Å². The van der Waals surface area contributed by atoms with Crippen molar-refractivity contribution >= 4 is 26.9 Å². The summed E-state index contributed by atoms with van der Waals surface area (Å²) in [5, 5.41) is 10.2. The van der Waals surface area contributed by atoms with Gasteiger partial charge in [-0.25, -0.2) is 0 Å². The highest BCUT2D eigenvalue weighted by atomic mass is 79.9. The third-order valence-electron chi connectivity index (χ3n) is 1.53. The molecule has 11 heavy (non-hydrogen) atoms. The van der Waals surface area contributed by atoms with Crippen molar-refractivity contribution in [3.05, 3.63) is 28.9 Å². The smallest absolute Gasteiger partial charge is 0.176 e. The summed E-state index contributed by atoms with van der Waals surface area (Å²) in [5.74, 6) is 0.174. The van der Waals surface area contributed by atoms with Gasteiger partial charge in [0.05, 0.1) is 4.47 Å². The van der Waals surface area contributed by atoms with Gasteiger partial charge in [0, 0.05) is 5.39 Å². The second kappa shape index (κ2) is 2.27. The number of rotatable bonds is 0. The summed E-state index contributed by atoms with van der Waals surface area (Å²) in [5.41, 5.74) is 0.527. The van der Waals surface area contributed by atoms with Crippen molar-refractivity contribution in [1.29, 1.82) is 0 Å². The number of benzene rings is 1. The van der Waals surface area contributed by atoms with E-state index in [1.807, 2.05) is 6.07 Å². The zero-order valence-electron chi connectivity index (χ0n) is 5.54. The van der Waals surface area contributed by atoms with E-state index in [0.717, 1.165) is 9.86 Å². The first-order valence-corrected chi connectivity index (χ1v) is 3.93. The number of fused-ring (bicyclic) bond motifs is 1. The van der Waals surface area contributed by atoms with E-state index >= 15 is 0 Å². The molecule has 0 unspecified atom stereocenters. The zero-order chi connectivity index (χ0) is 7.84. The van der Waals surface area contributed by atoms with Crippen molar-refractivity contribution < 1.29 is 9.52 Å². The van der Waals surface area contributed by atoms with Gasteiger partial charge in [0.2, 0.25) is 0 Å². The molecule has 0 bridgehead atoms. The Bertz CT molecular complexity index is 392. The highest BCUT2D eigenvalue weighted by molar-refractivity contribution is 9.10. The van der Waals surface area contributed by atoms with Crippen molar-refractivity contribution in [1.82, 2.24) is 0 Å². The molecule has 0 atom stereocenters. The first kappa shape index (κ1) is 6.73. The van der Waals surface area contributed by atoms with Crippen LogP contribution in [0.2, 0.25) is 0 Å². The molecule has 2 aromatic rings. The minimum absolute atomic E-state index is 0.174. The lowest BCUT2D eigenvalue weighted by Gasteiger charge is -1.90. The Morgan fingerprint density at radius 2 is 2.18 bits per heavy atom. The molecule has 0 saturated heterocycles. The predicted molar refractivity (Wildman–Crippen MR) is 45.6 cm³/mol. The number of hydrogen-bond acceptors (Lipinski definition) is 2. The summed E-state index contributed by atoms with van der Waals surface area (Å²) in [7, 11) is 0. The lowest BCUT2D eigenvalue weighted by atomic mass is 10.2. The van der Waals surface area contributed by atoms with E-state index < -0.39 is 0 Å². The normalized spacial score (nSPS) is 10.6. The number of phenols is 1. The monoisotopic (exact) mass is 212 g/mol. The number of aromatic hydroxyl groups is 1. The van der Waals surface area contributed by atoms with Gasteiger partial charge in [-0.2, -0.15) is 0 Å². The Hall–Kier alpha value is -0.960. The molecule has 0 fully saturated rings. The Labute approximate surface area is 71.6 Å². The van der Waals surface area contributed by atoms with Crippen LogP contribution in [0, 0.1) is 0 Å². The topological polar surface area (TPSA) is 33.4 Å². The Morgan fingerprint density at radius 3 is 2.91 bits per heavy atom. The summed E-state index contributed by atoms with van der Waals surface area (Å²) in [6, 6.07) is 5.25. The average molecular weight is 213 g/mol. The first-order valence-electron chi connectivity index (χ1n) is 3.14. The molecule has 56 valence electrons. The van der Waals surface area contributed by atoms with Gasteiger partial charge in [-0.1, -0.05) is 6.07 Å². The molecule has 1 heterocycles. The highest BCUT2D eigenvalue weighted by Gasteiger charge is 2.05. The van der Waals surface area contributed by atoms with Crippen LogP contribution in [-0.2, 0) is 0 Å². The van der Waals surface area contributed by atoms with Crippen LogP contribution in [0.15, 0.2) is 33.4 Å². The van der Waals surface area contributed by atoms with Gasteiger partial charge in [-0.15, -0.1) is 0 Å². The van der Waals surface area contributed by atoms with Crippen LogP contribution < -0.4 is 0 Å². The molecule has 1 N–H and O–H groups in total. The molecule has 2 nitrogen and oxygen atoms in total. The molecule has 0 amide bonds. The fraction of sp³-hybridized carbons (Fsp3) is 0. The molecule has 3 heteroatoms. The minimum Gasteiger partial charge on any atom is -0.504 e. The van der Waals surface area contributed by atoms with Crippen LogP contribution in [0.25, 0.3) is 11.0 Å². The van der Waals surface area contributed by atoms with Crippen molar-refractivity contribution in [2.45, 2.75) is 0 Å². The lowest BCUT2D eigenvalue weighted by Crippen LogP contribution is -1.65. The summed E-state index contributed by atoms with van der Waals surface area (Å²) in [4.78, 5) is 0. The maximum absolute atomic E-state index is 9.27. The SMILES string of the molecule is Oc1cccc2c(Br)coc12. The van der Waals surface area contributed by atoms with Crippen LogP contribution in [0.5, 0.6) is 5.75 Å². The van der Waals surface area contributed by atoms with E-state index in [0.29, 0.717) is 5.58 Å². The molecule has 0 aliphatic carbocycles. The van der Waals surface area contributed by atoms with Crippen LogP contribution in [0.1, 0.15) is 0 Å². The van der Waals surface area contributed by atoms with Gasteiger partial charge in [-0.05, 0) is 28.1 Å². The van der Waals surface area contributed by atoms with Crippen LogP contribution in [0.3, 0.4) is 0 Å². The fourth-order valence-corrected chi connectivity index (χ4v) is 1.42. The lowest BCUT2D eigenvalue weighted by molar-refractivity contribution is 0.465. The molecule has 0 spiro atoms. The number of hydrogen-bond donors (Lipinski definition) is 1. The molecule has 1 aromatic heterocycles. The largest absolute Gasteiger partial charge is 0.504 e. The van der Waals surface area contributed by atoms with Gasteiger partial charge < -0.3 is 9.52 Å². The third kappa shape index (κ3) is 0.922. The fourth-order valence-electron chi connectivity index (χ4n) is 1.01. The standard InChI is InChI=1S/C8H5BrO2/c9-6-4-11-8-5(6)2-1-3-7(8)10/h1-4,10H. The van der Waals surface area contributed by atoms with Crippen LogP contribution in [-0.4, -0.2) is 5.11 Å². The maximum Gasteiger partial charge on any atom is 0.176 e. The molecule has 0 aliphatic heterocycles. The van der Waals surface area contributed by atoms with E-state index in [1.54, 1.807) is 18.4 Å². The molecule has 0 saturated carbocycles. The second-order valence-electron chi connectivity index (χ2n) is 2.24.